The molecule has 0 unspecified atom stereocenters. The number of anilines is 3. The summed E-state index contributed by atoms with van der Waals surface area (Å²) in [6.07, 6.45) is 0. The van der Waals surface area contributed by atoms with Crippen LogP contribution in [0.2, 0.25) is 0 Å². The molecule has 4 nitrogen and oxygen atoms in total. The third-order valence-electron chi connectivity index (χ3n) is 11.4. The van der Waals surface area contributed by atoms with Gasteiger partial charge in [0, 0.05) is 60.3 Å². The van der Waals surface area contributed by atoms with Gasteiger partial charge in [-0.2, -0.15) is 0 Å². The predicted octanol–water partition coefficient (Wildman–Crippen LogP) is 14.9. The molecule has 4 heteroatoms. The molecular formula is C52H32N2O2. The van der Waals surface area contributed by atoms with Crippen molar-refractivity contribution < 1.29 is 8.83 Å². The van der Waals surface area contributed by atoms with Gasteiger partial charge in [0.25, 0.3) is 0 Å². The Labute approximate surface area is 321 Å². The van der Waals surface area contributed by atoms with E-state index >= 15 is 0 Å². The molecule has 3 aromatic heterocycles. The second-order valence-electron chi connectivity index (χ2n) is 14.5. The van der Waals surface area contributed by atoms with E-state index in [1.165, 1.54) is 21.7 Å². The van der Waals surface area contributed by atoms with Crippen LogP contribution in [0.5, 0.6) is 0 Å². The average molecular weight is 717 g/mol. The van der Waals surface area contributed by atoms with Crippen molar-refractivity contribution in [2.75, 3.05) is 4.90 Å². The van der Waals surface area contributed by atoms with E-state index in [1.807, 2.05) is 12.1 Å². The summed E-state index contributed by atoms with van der Waals surface area (Å²) in [6, 6.07) is 69.0. The van der Waals surface area contributed by atoms with Crippen molar-refractivity contribution in [2.45, 2.75) is 0 Å². The molecule has 0 spiro atoms. The van der Waals surface area contributed by atoms with Gasteiger partial charge in [-0.25, -0.2) is 0 Å². The average Bonchev–Trinajstić information content (AvgIpc) is 3.94. The molecule has 0 saturated heterocycles. The Morgan fingerprint density at radius 2 is 1.07 bits per heavy atom. The highest BCUT2D eigenvalue weighted by atomic mass is 16.3. The van der Waals surface area contributed by atoms with Gasteiger partial charge < -0.3 is 18.3 Å². The molecule has 9 aromatic carbocycles. The number of para-hydroxylation sites is 4. The maximum atomic E-state index is 6.74. The molecule has 0 fully saturated rings. The predicted molar refractivity (Wildman–Crippen MR) is 233 cm³/mol. The molecule has 56 heavy (non-hydrogen) atoms. The maximum Gasteiger partial charge on any atom is 0.143 e. The van der Waals surface area contributed by atoms with Crippen molar-refractivity contribution in [3.05, 3.63) is 194 Å². The van der Waals surface area contributed by atoms with Gasteiger partial charge in [0.05, 0.1) is 16.7 Å². The molecule has 3 heterocycles. The van der Waals surface area contributed by atoms with Crippen molar-refractivity contribution in [1.29, 1.82) is 0 Å². The standard InChI is InChI=1S/C52H32N2O2/c1-2-13-35(14-3-1)54-45-20-8-6-17-43(45)50-46(21-11-22-47(50)54)53(37-29-31-49-44(32-37)40-16-7-9-23-48(40)55-49)36-27-24-34(25-28-36)39-18-10-19-41-42-30-26-33-12-4-5-15-38(33)52(42)56-51(39)41/h1-32H. The lowest BCUT2D eigenvalue weighted by Gasteiger charge is -2.27. The smallest absolute Gasteiger partial charge is 0.143 e. The van der Waals surface area contributed by atoms with Crippen LogP contribution in [-0.2, 0) is 0 Å². The molecule has 0 bridgehead atoms. The SMILES string of the molecule is c1ccc(-n2c3ccccc3c3c(N(c4ccc(-c5cccc6c5oc5c7ccccc7ccc65)cc4)c4ccc5oc6ccccc6c5c4)cccc32)cc1. The first-order valence-corrected chi connectivity index (χ1v) is 19.0. The Kier molecular flexibility index (Phi) is 6.60. The Morgan fingerprint density at radius 1 is 0.393 bits per heavy atom. The summed E-state index contributed by atoms with van der Waals surface area (Å²) in [5, 5.41) is 9.13. The zero-order chi connectivity index (χ0) is 36.7. The molecule has 0 amide bonds. The lowest BCUT2D eigenvalue weighted by molar-refractivity contribution is 0.669. The maximum absolute atomic E-state index is 6.74. The first-order chi connectivity index (χ1) is 27.8. The second-order valence-corrected chi connectivity index (χ2v) is 14.5. The van der Waals surface area contributed by atoms with Gasteiger partial charge in [-0.05, 0) is 83.7 Å². The normalized spacial score (nSPS) is 11.9. The molecule has 12 rings (SSSR count). The summed E-state index contributed by atoms with van der Waals surface area (Å²) in [5.74, 6) is 0. The summed E-state index contributed by atoms with van der Waals surface area (Å²) < 4.78 is 15.4. The van der Waals surface area contributed by atoms with E-state index in [0.717, 1.165) is 88.7 Å². The van der Waals surface area contributed by atoms with Crippen LogP contribution in [-0.4, -0.2) is 4.57 Å². The number of benzene rings is 9. The van der Waals surface area contributed by atoms with E-state index in [1.54, 1.807) is 0 Å². The molecule has 0 aliphatic carbocycles. The van der Waals surface area contributed by atoms with Gasteiger partial charge in [-0.1, -0.05) is 121 Å². The fourth-order valence-electron chi connectivity index (χ4n) is 8.87. The third-order valence-corrected chi connectivity index (χ3v) is 11.4. The minimum atomic E-state index is 0.871. The van der Waals surface area contributed by atoms with Crippen LogP contribution in [0.25, 0.3) is 93.3 Å². The van der Waals surface area contributed by atoms with Crippen molar-refractivity contribution in [3.63, 3.8) is 0 Å². The molecule has 0 aliphatic heterocycles. The molecule has 0 N–H and O–H groups in total. The van der Waals surface area contributed by atoms with Crippen molar-refractivity contribution in [2.24, 2.45) is 0 Å². The summed E-state index contributed by atoms with van der Waals surface area (Å²) in [4.78, 5) is 2.39. The number of aromatic nitrogens is 1. The highest BCUT2D eigenvalue weighted by Crippen LogP contribution is 2.46. The van der Waals surface area contributed by atoms with E-state index in [9.17, 15) is 0 Å². The zero-order valence-electron chi connectivity index (χ0n) is 30.2. The highest BCUT2D eigenvalue weighted by Gasteiger charge is 2.22. The Bertz CT molecular complexity index is 3480. The van der Waals surface area contributed by atoms with Crippen LogP contribution in [0.15, 0.2) is 203 Å². The molecule has 0 atom stereocenters. The minimum Gasteiger partial charge on any atom is -0.456 e. The van der Waals surface area contributed by atoms with Crippen LogP contribution >= 0.6 is 0 Å². The van der Waals surface area contributed by atoms with Crippen LogP contribution < -0.4 is 4.90 Å². The molecule has 12 aromatic rings. The molecular weight excluding hydrogens is 685 g/mol. The highest BCUT2D eigenvalue weighted by molar-refractivity contribution is 6.18. The monoisotopic (exact) mass is 716 g/mol. The van der Waals surface area contributed by atoms with E-state index in [4.69, 9.17) is 8.83 Å². The van der Waals surface area contributed by atoms with E-state index in [-0.39, 0.29) is 0 Å². The van der Waals surface area contributed by atoms with Gasteiger partial charge >= 0.3 is 0 Å². The Hall–Kier alpha value is -7.56. The fraction of sp³-hybridized carbons (Fsp3) is 0. The van der Waals surface area contributed by atoms with Crippen molar-refractivity contribution >= 4 is 93.5 Å². The van der Waals surface area contributed by atoms with Crippen LogP contribution in [0, 0.1) is 0 Å². The number of fused-ring (bicyclic) bond motifs is 11. The number of nitrogens with zero attached hydrogens (tertiary/aromatic N) is 2. The van der Waals surface area contributed by atoms with Gasteiger partial charge in [-0.3, -0.25) is 0 Å². The van der Waals surface area contributed by atoms with E-state index < -0.39 is 0 Å². The molecule has 0 radical (unpaired) electrons. The van der Waals surface area contributed by atoms with Crippen LogP contribution in [0.1, 0.15) is 0 Å². The Balaban J connectivity index is 1.08. The lowest BCUT2D eigenvalue weighted by Crippen LogP contribution is -2.10. The van der Waals surface area contributed by atoms with Gasteiger partial charge in [0.2, 0.25) is 0 Å². The van der Waals surface area contributed by atoms with E-state index in [0.29, 0.717) is 0 Å². The number of furan rings is 2. The minimum absolute atomic E-state index is 0.871. The third kappa shape index (κ3) is 4.53. The molecule has 0 aliphatic rings. The van der Waals surface area contributed by atoms with Crippen LogP contribution in [0.4, 0.5) is 17.1 Å². The summed E-state index contributed by atoms with van der Waals surface area (Å²) in [5.41, 5.74) is 12.4. The largest absolute Gasteiger partial charge is 0.456 e. The van der Waals surface area contributed by atoms with Gasteiger partial charge in [0.1, 0.15) is 22.3 Å². The molecule has 262 valence electrons. The zero-order valence-corrected chi connectivity index (χ0v) is 30.2. The summed E-state index contributed by atoms with van der Waals surface area (Å²) >= 11 is 0. The van der Waals surface area contributed by atoms with Crippen LogP contribution in [0.3, 0.4) is 0 Å². The Morgan fingerprint density at radius 3 is 1.96 bits per heavy atom. The van der Waals surface area contributed by atoms with Gasteiger partial charge in [0.15, 0.2) is 0 Å². The number of hydrogen-bond acceptors (Lipinski definition) is 3. The number of hydrogen-bond donors (Lipinski definition) is 0. The first-order valence-electron chi connectivity index (χ1n) is 19.0. The molecule has 0 saturated carbocycles. The van der Waals surface area contributed by atoms with Crippen molar-refractivity contribution in [1.82, 2.24) is 4.57 Å². The van der Waals surface area contributed by atoms with E-state index in [2.05, 4.69) is 191 Å². The lowest BCUT2D eigenvalue weighted by atomic mass is 10.0. The topological polar surface area (TPSA) is 34.5 Å². The first kappa shape index (κ1) is 30.9. The van der Waals surface area contributed by atoms with Gasteiger partial charge in [-0.15, -0.1) is 0 Å². The number of rotatable bonds is 5. The summed E-state index contributed by atoms with van der Waals surface area (Å²) in [6.45, 7) is 0. The van der Waals surface area contributed by atoms with Crippen molar-refractivity contribution in [3.8, 4) is 16.8 Å². The fourth-order valence-corrected chi connectivity index (χ4v) is 8.87. The second kappa shape index (κ2) is 12.0. The quantitative estimate of drug-likeness (QED) is 0.178. The summed E-state index contributed by atoms with van der Waals surface area (Å²) in [7, 11) is 0.